The van der Waals surface area contributed by atoms with Gasteiger partial charge in [-0.3, -0.25) is 38.1 Å². The number of aromatic amines is 1. The van der Waals surface area contributed by atoms with E-state index in [-0.39, 0.29) is 48.6 Å². The summed E-state index contributed by atoms with van der Waals surface area (Å²) < 4.78 is 61.1. The summed E-state index contributed by atoms with van der Waals surface area (Å²) in [6, 6.07) is 24.3. The smallest absolute Gasteiger partial charge is 0.328 e. The fourth-order valence-electron chi connectivity index (χ4n) is 11.7. The van der Waals surface area contributed by atoms with Crippen molar-refractivity contribution < 1.29 is 61.8 Å². The molecule has 28 nitrogen and oxygen atoms in total. The molecule has 564 valence electrons. The number of rotatable bonds is 46. The number of imidazole rings is 1. The molecule has 1 saturated heterocycles. The predicted molar refractivity (Wildman–Crippen MR) is 403 cm³/mol. The SMILES string of the molecule is CCCOc1cc(OCCCCN(C)CC(=O)NCCOCCOCCOCCOCCOCCC(=O)NCCN2CCN(c3ccc(-c4cc(NC(C)C)c(C=N)c(C(=O)NCc5c(C)cc(C)[nH]c5=O)c4)cn3)CC2)cc(Oc2cc3c(cc2Nc2ccc(OC)c(OC)c2)n(C)c(=O)n3C)c1. The van der Waals surface area contributed by atoms with E-state index in [0.717, 1.165) is 91.4 Å². The molecule has 104 heavy (non-hydrogen) atoms. The second kappa shape index (κ2) is 41.7. The van der Waals surface area contributed by atoms with E-state index < -0.39 is 5.91 Å². The Morgan fingerprint density at radius 3 is 1.94 bits per heavy atom. The van der Waals surface area contributed by atoms with Gasteiger partial charge in [-0.15, -0.1) is 0 Å². The Morgan fingerprint density at radius 1 is 0.663 bits per heavy atom. The number of amides is 3. The number of ether oxygens (including phenoxy) is 10. The molecule has 4 aromatic carbocycles. The monoisotopic (exact) mass is 1440 g/mol. The highest BCUT2D eigenvalue weighted by Gasteiger charge is 2.23. The van der Waals surface area contributed by atoms with Crippen LogP contribution in [-0.4, -0.2) is 218 Å². The van der Waals surface area contributed by atoms with Crippen molar-refractivity contribution in [3.8, 4) is 45.6 Å². The Hall–Kier alpha value is -9.55. The number of aryl methyl sites for hydroxylation is 4. The molecule has 4 heterocycles. The summed E-state index contributed by atoms with van der Waals surface area (Å²) in [5, 5.41) is 23.9. The number of unbranched alkanes of at least 4 members (excludes halogenated alkanes) is 1. The van der Waals surface area contributed by atoms with Gasteiger partial charge in [-0.1, -0.05) is 6.92 Å². The molecule has 1 aliphatic rings. The van der Waals surface area contributed by atoms with E-state index in [1.165, 1.54) is 6.21 Å². The van der Waals surface area contributed by atoms with Crippen molar-refractivity contribution in [1.82, 2.24) is 44.9 Å². The van der Waals surface area contributed by atoms with Crippen LogP contribution in [0.25, 0.3) is 22.2 Å². The van der Waals surface area contributed by atoms with Gasteiger partial charge in [-0.05, 0) is 120 Å². The second-order valence-electron chi connectivity index (χ2n) is 25.6. The number of hydrogen-bond donors (Lipinski definition) is 7. The maximum absolute atomic E-state index is 13.7. The zero-order valence-corrected chi connectivity index (χ0v) is 61.9. The number of fused-ring (bicyclic) bond motifs is 1. The van der Waals surface area contributed by atoms with E-state index in [9.17, 15) is 24.0 Å². The van der Waals surface area contributed by atoms with Crippen LogP contribution in [0.4, 0.5) is 22.9 Å². The van der Waals surface area contributed by atoms with E-state index in [0.29, 0.717) is 167 Å². The molecular weight excluding hydrogens is 1330 g/mol. The van der Waals surface area contributed by atoms with Gasteiger partial charge in [0.2, 0.25) is 11.8 Å². The zero-order valence-electron chi connectivity index (χ0n) is 61.9. The van der Waals surface area contributed by atoms with Gasteiger partial charge < -0.3 is 89.2 Å². The van der Waals surface area contributed by atoms with E-state index >= 15 is 0 Å². The number of carbonyl (C=O) groups excluding carboxylic acids is 3. The van der Waals surface area contributed by atoms with Crippen LogP contribution in [0, 0.1) is 19.3 Å². The largest absolute Gasteiger partial charge is 0.493 e. The second-order valence-corrected chi connectivity index (χ2v) is 25.6. The minimum absolute atomic E-state index is 0.0415. The number of benzene rings is 4. The minimum atomic E-state index is -0.392. The maximum atomic E-state index is 13.7. The number of hydrogen-bond acceptors (Lipinski definition) is 22. The molecule has 0 atom stereocenters. The molecule has 7 N–H and O–H groups in total. The highest BCUT2D eigenvalue weighted by atomic mass is 16.6. The number of H-pyrrole nitrogens is 1. The molecule has 28 heteroatoms. The molecule has 3 aromatic heterocycles. The number of likely N-dealkylation sites (N-methyl/N-ethyl adjacent to an activating group) is 1. The van der Waals surface area contributed by atoms with Gasteiger partial charge in [0.1, 0.15) is 23.1 Å². The topological polar surface area (TPSA) is 310 Å². The number of nitrogens with zero attached hydrogens (tertiary/aromatic N) is 6. The number of methoxy groups -OCH3 is 2. The summed E-state index contributed by atoms with van der Waals surface area (Å²) in [6.45, 7) is 20.3. The lowest BCUT2D eigenvalue weighted by atomic mass is 9.97. The van der Waals surface area contributed by atoms with Gasteiger partial charge in [-0.2, -0.15) is 0 Å². The Balaban J connectivity index is 0.604. The number of pyridine rings is 2. The number of carbonyl (C=O) groups is 3. The molecule has 0 bridgehead atoms. The van der Waals surface area contributed by atoms with Crippen LogP contribution in [0.5, 0.6) is 34.5 Å². The van der Waals surface area contributed by atoms with Crippen LogP contribution >= 0.6 is 0 Å². The Kier molecular flexibility index (Phi) is 32.1. The molecule has 0 saturated carbocycles. The predicted octanol–water partition coefficient (Wildman–Crippen LogP) is 7.95. The first kappa shape index (κ1) is 80.1. The van der Waals surface area contributed by atoms with Crippen molar-refractivity contribution >= 4 is 57.8 Å². The first-order valence-electron chi connectivity index (χ1n) is 35.6. The summed E-state index contributed by atoms with van der Waals surface area (Å²) in [4.78, 5) is 78.7. The summed E-state index contributed by atoms with van der Waals surface area (Å²) in [6.07, 6.45) is 5.60. The summed E-state index contributed by atoms with van der Waals surface area (Å²) in [5.74, 6) is 3.58. The Labute approximate surface area is 608 Å². The fraction of sp³-hybridized carbons (Fsp3) is 0.487. The van der Waals surface area contributed by atoms with Crippen molar-refractivity contribution in [1.29, 1.82) is 5.41 Å². The third kappa shape index (κ3) is 24.6. The lowest BCUT2D eigenvalue weighted by Gasteiger charge is -2.35. The highest BCUT2D eigenvalue weighted by molar-refractivity contribution is 6.06. The first-order valence-corrected chi connectivity index (χ1v) is 35.6. The highest BCUT2D eigenvalue weighted by Crippen LogP contribution is 2.40. The van der Waals surface area contributed by atoms with Crippen molar-refractivity contribution in [3.63, 3.8) is 0 Å². The molecule has 3 amide bonds. The molecule has 0 aliphatic carbocycles. The lowest BCUT2D eigenvalue weighted by molar-refractivity contribution is -0.123. The maximum Gasteiger partial charge on any atom is 0.328 e. The van der Waals surface area contributed by atoms with Crippen molar-refractivity contribution in [2.24, 2.45) is 14.1 Å². The van der Waals surface area contributed by atoms with E-state index in [2.05, 4.69) is 41.4 Å². The van der Waals surface area contributed by atoms with Gasteiger partial charge in [0.05, 0.1) is 122 Å². The van der Waals surface area contributed by atoms with Gasteiger partial charge in [-0.25, -0.2) is 9.78 Å². The summed E-state index contributed by atoms with van der Waals surface area (Å²) in [5.41, 5.74) is 7.37. The van der Waals surface area contributed by atoms with Crippen LogP contribution in [0.15, 0.2) is 94.6 Å². The zero-order chi connectivity index (χ0) is 74.3. The summed E-state index contributed by atoms with van der Waals surface area (Å²) >= 11 is 0. The molecule has 1 fully saturated rings. The standard InChI is InChI=1S/C76H105N13O15/c1-11-27-102-58-43-59(45-60(44-58)104-69-47-67-66(86(7)76(94)87(67)8)46-65(69)84-57-15-16-68(95-9)70(42-57)96-10)103-28-13-12-21-85(6)51-73(91)79-20-30-98-32-34-100-36-38-101-37-35-99-33-31-97-29-18-72(90)78-19-22-88-23-25-89(26-24-88)71-17-14-55(49-80-71)56-40-61(62(48-77)64(41-56)82-52(2)3)74(92)81-50-63-53(4)39-54(5)83-75(63)93/h14-17,39-49,52,77,82,84H,11-13,18-38,50-51H2,1-10H3,(H,78,90)(H,79,91)(H,81,92)(H,83,93). The Bertz CT molecular complexity index is 4040. The van der Waals surface area contributed by atoms with Gasteiger partial charge in [0, 0.05) is 155 Å². The van der Waals surface area contributed by atoms with Crippen LogP contribution in [0.1, 0.15) is 79.2 Å². The molecule has 0 unspecified atom stereocenters. The lowest BCUT2D eigenvalue weighted by Crippen LogP contribution is -2.48. The van der Waals surface area contributed by atoms with Gasteiger partial charge in [0.15, 0.2) is 17.2 Å². The van der Waals surface area contributed by atoms with E-state index in [1.54, 1.807) is 49.7 Å². The van der Waals surface area contributed by atoms with Crippen LogP contribution in [-0.2, 0) is 53.9 Å². The number of anilines is 4. The van der Waals surface area contributed by atoms with Gasteiger partial charge in [0.25, 0.3) is 11.5 Å². The number of nitrogens with one attached hydrogen (secondary N) is 7. The quantitative estimate of drug-likeness (QED) is 0.0141. The normalized spacial score (nSPS) is 12.4. The van der Waals surface area contributed by atoms with Crippen LogP contribution in [0.3, 0.4) is 0 Å². The molecule has 8 rings (SSSR count). The molecule has 0 spiro atoms. The van der Waals surface area contributed by atoms with E-state index in [4.69, 9.17) is 57.8 Å². The first-order chi connectivity index (χ1) is 50.3. The van der Waals surface area contributed by atoms with Crippen LogP contribution in [0.2, 0.25) is 0 Å². The van der Waals surface area contributed by atoms with Crippen molar-refractivity contribution in [2.75, 3.05) is 175 Å². The van der Waals surface area contributed by atoms with Gasteiger partial charge >= 0.3 is 5.69 Å². The average molecular weight is 1440 g/mol. The third-order valence-electron chi connectivity index (χ3n) is 17.2. The molecular formula is C76H105N13O15. The number of piperazine rings is 1. The average Bonchev–Trinajstić information content (AvgIpc) is 1.58. The third-order valence-corrected chi connectivity index (χ3v) is 17.2. The van der Waals surface area contributed by atoms with E-state index in [1.807, 2.05) is 119 Å². The Morgan fingerprint density at radius 2 is 1.31 bits per heavy atom. The molecule has 0 radical (unpaired) electrons. The van der Waals surface area contributed by atoms with Crippen LogP contribution < -0.4 is 66.4 Å². The minimum Gasteiger partial charge on any atom is -0.493 e. The summed E-state index contributed by atoms with van der Waals surface area (Å²) in [7, 11) is 8.53. The van der Waals surface area contributed by atoms with Crippen molar-refractivity contribution in [2.45, 2.75) is 72.9 Å². The fourth-order valence-corrected chi connectivity index (χ4v) is 11.7. The molecule has 1 aliphatic heterocycles. The van der Waals surface area contributed by atoms with Crippen molar-refractivity contribution in [3.05, 3.63) is 134 Å². The number of aromatic nitrogens is 4. The molecule has 7 aromatic rings.